The lowest BCUT2D eigenvalue weighted by molar-refractivity contribution is 0.411. The molecule has 0 saturated heterocycles. The smallest absolute Gasteiger partial charge is 0.160 e. The Morgan fingerprint density at radius 3 is 2.91 bits per heavy atom. The van der Waals surface area contributed by atoms with E-state index < -0.39 is 0 Å². The monoisotopic (exact) mass is 441 g/mol. The second-order valence-corrected chi connectivity index (χ2v) is 7.89. The van der Waals surface area contributed by atoms with Crippen molar-refractivity contribution in [3.05, 3.63) is 60.3 Å². The lowest BCUT2D eigenvalue weighted by Gasteiger charge is -2.13. The number of nitrogens with zero attached hydrogens (tertiary/aromatic N) is 4. The first kappa shape index (κ1) is 19.6. The van der Waals surface area contributed by atoms with Gasteiger partial charge in [0.1, 0.15) is 22.8 Å². The number of hydrogen-bond donors (Lipinski definition) is 3. The molecule has 0 spiro atoms. The van der Waals surface area contributed by atoms with Crippen LogP contribution < -0.4 is 10.1 Å². The summed E-state index contributed by atoms with van der Waals surface area (Å²) in [6, 6.07) is 8.44. The first-order valence-electron chi connectivity index (χ1n) is 10.6. The van der Waals surface area contributed by atoms with Crippen LogP contribution in [0.4, 0.5) is 4.39 Å². The fourth-order valence-electron chi connectivity index (χ4n) is 4.22. The molecule has 5 aromatic rings. The molecule has 0 radical (unpaired) electrons. The summed E-state index contributed by atoms with van der Waals surface area (Å²) in [5.41, 5.74) is 6.31. The van der Waals surface area contributed by atoms with Crippen molar-refractivity contribution in [1.82, 2.24) is 35.5 Å². The second kappa shape index (κ2) is 7.79. The van der Waals surface area contributed by atoms with Crippen molar-refractivity contribution < 1.29 is 9.13 Å². The Labute approximate surface area is 187 Å². The summed E-state index contributed by atoms with van der Waals surface area (Å²) < 4.78 is 19.4. The van der Waals surface area contributed by atoms with Crippen molar-refractivity contribution in [3.8, 4) is 28.4 Å². The van der Waals surface area contributed by atoms with Crippen LogP contribution in [0.1, 0.15) is 12.1 Å². The normalized spacial score (nSPS) is 14.1. The third-order valence-electron chi connectivity index (χ3n) is 5.87. The zero-order valence-corrected chi connectivity index (χ0v) is 17.8. The maximum atomic E-state index is 14.1. The van der Waals surface area contributed by atoms with Crippen LogP contribution in [0.15, 0.2) is 48.8 Å². The minimum atomic E-state index is -0.379. The molecule has 4 aromatic heterocycles. The Morgan fingerprint density at radius 2 is 2.06 bits per heavy atom. The van der Waals surface area contributed by atoms with Gasteiger partial charge in [0.15, 0.2) is 11.5 Å². The van der Waals surface area contributed by atoms with Gasteiger partial charge in [-0.15, -0.1) is 0 Å². The van der Waals surface area contributed by atoms with Gasteiger partial charge >= 0.3 is 0 Å². The number of fused-ring (bicyclic) bond motifs is 2. The van der Waals surface area contributed by atoms with Gasteiger partial charge < -0.3 is 15.0 Å². The Kier molecular flexibility index (Phi) is 4.62. The van der Waals surface area contributed by atoms with Crippen molar-refractivity contribution in [1.29, 1.82) is 0 Å². The van der Waals surface area contributed by atoms with E-state index in [9.17, 15) is 4.39 Å². The van der Waals surface area contributed by atoms with E-state index in [0.717, 1.165) is 41.7 Å². The van der Waals surface area contributed by atoms with Gasteiger partial charge in [0.25, 0.3) is 0 Å². The van der Waals surface area contributed by atoms with Crippen LogP contribution in [-0.2, 0) is 0 Å². The molecule has 164 valence electrons. The molecule has 3 N–H and O–H groups in total. The van der Waals surface area contributed by atoms with E-state index in [1.54, 1.807) is 18.5 Å². The number of halogens is 1. The molecule has 0 bridgehead atoms. The molecule has 0 amide bonds. The largest absolute Gasteiger partial charge is 0.497 e. The van der Waals surface area contributed by atoms with E-state index in [0.29, 0.717) is 34.0 Å². The predicted octanol–water partition coefficient (Wildman–Crippen LogP) is 4.09. The zero-order valence-electron chi connectivity index (χ0n) is 17.8. The van der Waals surface area contributed by atoms with Gasteiger partial charge in [0, 0.05) is 29.8 Å². The SMILES string of the molecule is COc1cc(F)cc(-c2ccnc3[nH]c(-c4n[nH]c5cnc(C6=CCNCC6)cc45)nc23)c1. The molecule has 8 nitrogen and oxygen atoms in total. The van der Waals surface area contributed by atoms with Crippen LogP contribution in [-0.4, -0.2) is 50.3 Å². The molecule has 33 heavy (non-hydrogen) atoms. The third-order valence-corrected chi connectivity index (χ3v) is 5.87. The Balaban J connectivity index is 1.48. The van der Waals surface area contributed by atoms with Gasteiger partial charge in [-0.1, -0.05) is 6.08 Å². The highest BCUT2D eigenvalue weighted by molar-refractivity contribution is 5.96. The van der Waals surface area contributed by atoms with Crippen LogP contribution in [0.5, 0.6) is 5.75 Å². The van der Waals surface area contributed by atoms with E-state index in [1.165, 1.54) is 24.8 Å². The van der Waals surface area contributed by atoms with E-state index in [2.05, 4.69) is 36.5 Å². The molecular formula is C24H20FN7O. The number of ether oxygens (including phenoxy) is 1. The van der Waals surface area contributed by atoms with Crippen molar-refractivity contribution in [2.45, 2.75) is 6.42 Å². The fourth-order valence-corrected chi connectivity index (χ4v) is 4.22. The summed E-state index contributed by atoms with van der Waals surface area (Å²) in [6.07, 6.45) is 6.57. The average molecular weight is 441 g/mol. The van der Waals surface area contributed by atoms with Crippen molar-refractivity contribution >= 4 is 27.6 Å². The van der Waals surface area contributed by atoms with Gasteiger partial charge in [-0.3, -0.25) is 10.1 Å². The van der Waals surface area contributed by atoms with Gasteiger partial charge in [-0.05, 0) is 48.4 Å². The Hall–Kier alpha value is -4.11. The number of aromatic nitrogens is 6. The first-order chi connectivity index (χ1) is 16.2. The molecule has 0 fully saturated rings. The maximum Gasteiger partial charge on any atom is 0.160 e. The second-order valence-electron chi connectivity index (χ2n) is 7.89. The van der Waals surface area contributed by atoms with Crippen molar-refractivity contribution in [2.24, 2.45) is 0 Å². The number of hydrogen-bond acceptors (Lipinski definition) is 6. The highest BCUT2D eigenvalue weighted by atomic mass is 19.1. The van der Waals surface area contributed by atoms with E-state index in [4.69, 9.17) is 9.72 Å². The molecular weight excluding hydrogens is 421 g/mol. The number of benzene rings is 1. The van der Waals surface area contributed by atoms with Crippen LogP contribution in [0, 0.1) is 5.82 Å². The predicted molar refractivity (Wildman–Crippen MR) is 124 cm³/mol. The van der Waals surface area contributed by atoms with Crippen molar-refractivity contribution in [3.63, 3.8) is 0 Å². The molecule has 0 aliphatic carbocycles. The number of H-pyrrole nitrogens is 2. The average Bonchev–Trinajstić information content (AvgIpc) is 3.47. The number of methoxy groups -OCH3 is 1. The summed E-state index contributed by atoms with van der Waals surface area (Å²) in [7, 11) is 1.51. The van der Waals surface area contributed by atoms with Gasteiger partial charge in [0.05, 0.1) is 24.5 Å². The lowest BCUT2D eigenvalue weighted by atomic mass is 10.0. The van der Waals surface area contributed by atoms with E-state index >= 15 is 0 Å². The maximum absolute atomic E-state index is 14.1. The van der Waals surface area contributed by atoms with Gasteiger partial charge in [-0.2, -0.15) is 5.10 Å². The van der Waals surface area contributed by atoms with Gasteiger partial charge in [-0.25, -0.2) is 14.4 Å². The molecule has 0 saturated carbocycles. The number of pyridine rings is 2. The van der Waals surface area contributed by atoms with Crippen LogP contribution in [0.25, 0.3) is 50.3 Å². The van der Waals surface area contributed by atoms with Crippen LogP contribution in [0.2, 0.25) is 0 Å². The van der Waals surface area contributed by atoms with E-state index in [-0.39, 0.29) is 5.82 Å². The van der Waals surface area contributed by atoms with Crippen molar-refractivity contribution in [2.75, 3.05) is 20.2 Å². The fraction of sp³-hybridized carbons (Fsp3) is 0.167. The summed E-state index contributed by atoms with van der Waals surface area (Å²) in [5, 5.41) is 11.8. The minimum absolute atomic E-state index is 0.379. The summed E-state index contributed by atoms with van der Waals surface area (Å²) >= 11 is 0. The highest BCUT2D eigenvalue weighted by Gasteiger charge is 2.18. The lowest BCUT2D eigenvalue weighted by Crippen LogP contribution is -2.20. The Morgan fingerprint density at radius 1 is 1.12 bits per heavy atom. The third kappa shape index (κ3) is 3.42. The number of rotatable bonds is 4. The number of imidazole rings is 1. The first-order valence-corrected chi connectivity index (χ1v) is 10.6. The zero-order chi connectivity index (χ0) is 22.4. The molecule has 1 aliphatic heterocycles. The topological polar surface area (TPSA) is 104 Å². The number of aromatic amines is 2. The quantitative estimate of drug-likeness (QED) is 0.388. The molecule has 0 atom stereocenters. The minimum Gasteiger partial charge on any atom is -0.497 e. The molecule has 9 heteroatoms. The highest BCUT2D eigenvalue weighted by Crippen LogP contribution is 2.33. The summed E-state index contributed by atoms with van der Waals surface area (Å²) in [5.74, 6) is 0.642. The van der Waals surface area contributed by atoms with Crippen LogP contribution >= 0.6 is 0 Å². The Bertz CT molecular complexity index is 1530. The van der Waals surface area contributed by atoms with Crippen LogP contribution in [0.3, 0.4) is 0 Å². The molecule has 0 unspecified atom stereocenters. The molecule has 1 aliphatic rings. The number of nitrogens with one attached hydrogen (secondary N) is 3. The standard InChI is InChI=1S/C24H20FN7O/c1-33-16-9-14(8-15(25)10-16)17-4-7-27-23-21(17)29-24(30-23)22-18-11-19(13-2-5-26-6-3-13)28-12-20(18)31-32-22/h2,4,7-12,26H,3,5-6H2,1H3,(H,31,32)(H,27,29,30). The molecule has 6 rings (SSSR count). The van der Waals surface area contributed by atoms with E-state index in [1.807, 2.05) is 12.1 Å². The summed E-state index contributed by atoms with van der Waals surface area (Å²) in [6.45, 7) is 1.78. The molecule has 5 heterocycles. The molecule has 1 aromatic carbocycles. The van der Waals surface area contributed by atoms with Gasteiger partial charge in [0.2, 0.25) is 0 Å². The summed E-state index contributed by atoms with van der Waals surface area (Å²) in [4.78, 5) is 17.1.